The number of aliphatic hydroxyl groups excluding tert-OH is 2. The van der Waals surface area contributed by atoms with E-state index in [1.807, 2.05) is 0 Å². The van der Waals surface area contributed by atoms with Crippen LogP contribution in [0.4, 0.5) is 0 Å². The molecule has 2 fully saturated rings. The van der Waals surface area contributed by atoms with Gasteiger partial charge in [0, 0.05) is 19.1 Å². The summed E-state index contributed by atoms with van der Waals surface area (Å²) in [4.78, 5) is 12.2. The molecule has 0 aromatic heterocycles. The number of hydrogen-bond donors (Lipinski definition) is 2. The molecule has 1 saturated carbocycles. The fourth-order valence-corrected chi connectivity index (χ4v) is 3.94. The van der Waals surface area contributed by atoms with Gasteiger partial charge in [0.15, 0.2) is 0 Å². The molecule has 1 saturated heterocycles. The Balaban J connectivity index is 2.07. The largest absolute Gasteiger partial charge is 0.456 e. The molecule has 1 heterocycles. The van der Waals surface area contributed by atoms with Gasteiger partial charge in [0.1, 0.15) is 17.8 Å². The van der Waals surface area contributed by atoms with Gasteiger partial charge in [-0.05, 0) is 53.0 Å². The molecule has 0 aromatic carbocycles. The Morgan fingerprint density at radius 3 is 2.68 bits per heavy atom. The fraction of sp³-hybridized carbons (Fsp3) is 0.682. The number of esters is 1. The van der Waals surface area contributed by atoms with Crippen molar-refractivity contribution >= 4 is 5.97 Å². The van der Waals surface area contributed by atoms with Crippen molar-refractivity contribution in [1.82, 2.24) is 0 Å². The van der Waals surface area contributed by atoms with Crippen molar-refractivity contribution in [2.24, 2.45) is 5.92 Å². The van der Waals surface area contributed by atoms with Crippen LogP contribution in [0.3, 0.4) is 0 Å². The van der Waals surface area contributed by atoms with Crippen molar-refractivity contribution < 1.29 is 29.2 Å². The van der Waals surface area contributed by atoms with Gasteiger partial charge in [-0.15, -0.1) is 0 Å². The molecule has 7 atom stereocenters. The zero-order valence-electron chi connectivity index (χ0n) is 17.6. The highest BCUT2D eigenvalue weighted by atomic mass is 16.6. The lowest BCUT2D eigenvalue weighted by Crippen LogP contribution is -2.48. The van der Waals surface area contributed by atoms with Gasteiger partial charge >= 0.3 is 5.97 Å². The van der Waals surface area contributed by atoms with Gasteiger partial charge in [-0.3, -0.25) is 0 Å². The van der Waals surface area contributed by atoms with Crippen LogP contribution in [-0.4, -0.2) is 59.4 Å². The number of aliphatic hydroxyl groups is 2. The molecule has 1 aliphatic carbocycles. The van der Waals surface area contributed by atoms with Gasteiger partial charge in [0.2, 0.25) is 0 Å². The lowest BCUT2D eigenvalue weighted by molar-refractivity contribution is -0.156. The molecule has 0 radical (unpaired) electrons. The summed E-state index contributed by atoms with van der Waals surface area (Å²) in [7, 11) is 1.61. The SMILES string of the molecule is C=C1CC[C@H](OC(=O)/C=C/[C@@H](O)[C@H](C)O)[C@H](OC)[C@H]1[C@@]1(C)O[C@H]1CC=C(C)C. The molecule has 0 bridgehead atoms. The van der Waals surface area contributed by atoms with Crippen LogP contribution in [0.2, 0.25) is 0 Å². The highest BCUT2D eigenvalue weighted by molar-refractivity contribution is 5.82. The van der Waals surface area contributed by atoms with Gasteiger partial charge in [0.05, 0.1) is 18.3 Å². The van der Waals surface area contributed by atoms with Crippen LogP contribution in [0, 0.1) is 5.92 Å². The number of allylic oxidation sites excluding steroid dienone is 1. The number of epoxide rings is 1. The van der Waals surface area contributed by atoms with Gasteiger partial charge in [-0.1, -0.05) is 23.8 Å². The van der Waals surface area contributed by atoms with Gasteiger partial charge in [-0.25, -0.2) is 4.79 Å². The monoisotopic (exact) mass is 394 g/mol. The summed E-state index contributed by atoms with van der Waals surface area (Å²) in [6.07, 6.45) is 4.00. The number of rotatable bonds is 8. The maximum atomic E-state index is 12.2. The van der Waals surface area contributed by atoms with E-state index in [9.17, 15) is 15.0 Å². The van der Waals surface area contributed by atoms with E-state index in [0.717, 1.165) is 24.5 Å². The molecular weight excluding hydrogens is 360 g/mol. The summed E-state index contributed by atoms with van der Waals surface area (Å²) in [6.45, 7) is 11.9. The number of carbonyl (C=O) groups is 1. The van der Waals surface area contributed by atoms with Crippen LogP contribution < -0.4 is 0 Å². The van der Waals surface area contributed by atoms with Crippen molar-refractivity contribution in [3.05, 3.63) is 36.0 Å². The van der Waals surface area contributed by atoms with Crippen LogP contribution in [0.25, 0.3) is 0 Å². The zero-order chi connectivity index (χ0) is 21.1. The molecule has 2 N–H and O–H groups in total. The van der Waals surface area contributed by atoms with Crippen LogP contribution in [0.15, 0.2) is 36.0 Å². The molecule has 158 valence electrons. The van der Waals surface area contributed by atoms with E-state index >= 15 is 0 Å². The van der Waals surface area contributed by atoms with E-state index in [4.69, 9.17) is 14.2 Å². The molecule has 6 heteroatoms. The molecule has 1 aliphatic heterocycles. The van der Waals surface area contributed by atoms with Crippen molar-refractivity contribution in [3.8, 4) is 0 Å². The van der Waals surface area contributed by atoms with Crippen LogP contribution in [-0.2, 0) is 19.0 Å². The second-order valence-electron chi connectivity index (χ2n) is 8.25. The van der Waals surface area contributed by atoms with Crippen molar-refractivity contribution in [2.45, 2.75) is 83.1 Å². The van der Waals surface area contributed by atoms with Gasteiger partial charge in [0.25, 0.3) is 0 Å². The molecule has 0 amide bonds. The minimum Gasteiger partial charge on any atom is -0.456 e. The highest BCUT2D eigenvalue weighted by Gasteiger charge is 2.61. The standard InChI is InChI=1S/C22H34O6/c1-13(2)7-11-18-22(5,28-18)20-14(3)8-10-17(21(20)26-6)27-19(25)12-9-16(24)15(4)23/h7,9,12,15-18,20-21,23-24H,3,8,10-11H2,1-2,4-6H3/b12-9+/t15-,16+,17-,18-,20-,21-,22-/m0/s1. The first kappa shape index (κ1) is 22.8. The molecule has 0 unspecified atom stereocenters. The Kier molecular flexibility index (Phi) is 7.62. The van der Waals surface area contributed by atoms with E-state index < -0.39 is 24.3 Å². The number of carbonyl (C=O) groups excluding carboxylic acids is 1. The predicted octanol–water partition coefficient (Wildman–Crippen LogP) is 2.69. The third-order valence-electron chi connectivity index (χ3n) is 5.68. The summed E-state index contributed by atoms with van der Waals surface area (Å²) in [6, 6.07) is 0. The summed E-state index contributed by atoms with van der Waals surface area (Å²) in [5, 5.41) is 18.9. The molecule has 6 nitrogen and oxygen atoms in total. The molecule has 28 heavy (non-hydrogen) atoms. The van der Waals surface area contributed by atoms with E-state index in [1.54, 1.807) is 7.11 Å². The predicted molar refractivity (Wildman–Crippen MR) is 107 cm³/mol. The smallest absolute Gasteiger partial charge is 0.330 e. The summed E-state index contributed by atoms with van der Waals surface area (Å²) in [5.41, 5.74) is 1.93. The van der Waals surface area contributed by atoms with Crippen molar-refractivity contribution in [2.75, 3.05) is 7.11 Å². The molecule has 2 rings (SSSR count). The summed E-state index contributed by atoms with van der Waals surface area (Å²) < 4.78 is 17.4. The Hall–Kier alpha value is -1.47. The third kappa shape index (κ3) is 5.32. The number of hydrogen-bond acceptors (Lipinski definition) is 6. The first-order valence-electron chi connectivity index (χ1n) is 9.86. The maximum Gasteiger partial charge on any atom is 0.330 e. The number of methoxy groups -OCH3 is 1. The molecule has 0 spiro atoms. The molecule has 2 aliphatic rings. The lowest BCUT2D eigenvalue weighted by atomic mass is 9.72. The van der Waals surface area contributed by atoms with Crippen molar-refractivity contribution in [3.63, 3.8) is 0 Å². The summed E-state index contributed by atoms with van der Waals surface area (Å²) in [5.74, 6) is -0.632. The average molecular weight is 395 g/mol. The summed E-state index contributed by atoms with van der Waals surface area (Å²) >= 11 is 0. The van der Waals surface area contributed by atoms with Gasteiger partial charge in [-0.2, -0.15) is 0 Å². The second-order valence-corrected chi connectivity index (χ2v) is 8.25. The number of ether oxygens (including phenoxy) is 3. The van der Waals surface area contributed by atoms with Crippen LogP contribution in [0.1, 0.15) is 47.0 Å². The Labute approximate surface area is 167 Å². The second kappa shape index (κ2) is 9.35. The minimum absolute atomic E-state index is 0.0633. The topological polar surface area (TPSA) is 88.5 Å². The van der Waals surface area contributed by atoms with E-state index in [2.05, 4.69) is 33.4 Å². The Morgan fingerprint density at radius 2 is 2.11 bits per heavy atom. The third-order valence-corrected chi connectivity index (χ3v) is 5.68. The van der Waals surface area contributed by atoms with E-state index in [1.165, 1.54) is 18.6 Å². The normalized spacial score (nSPS) is 34.8. The molecule has 0 aromatic rings. The lowest BCUT2D eigenvalue weighted by Gasteiger charge is -2.40. The van der Waals surface area contributed by atoms with Crippen LogP contribution >= 0.6 is 0 Å². The van der Waals surface area contributed by atoms with E-state index in [-0.39, 0.29) is 23.7 Å². The van der Waals surface area contributed by atoms with Crippen molar-refractivity contribution in [1.29, 1.82) is 0 Å². The Bertz CT molecular complexity index is 633. The minimum atomic E-state index is -1.11. The molecular formula is C22H34O6. The average Bonchev–Trinajstić information content (AvgIpc) is 3.29. The zero-order valence-corrected chi connectivity index (χ0v) is 17.6. The van der Waals surface area contributed by atoms with Gasteiger partial charge < -0.3 is 24.4 Å². The maximum absolute atomic E-state index is 12.2. The highest BCUT2D eigenvalue weighted by Crippen LogP contribution is 2.52. The Morgan fingerprint density at radius 1 is 1.43 bits per heavy atom. The first-order chi connectivity index (χ1) is 13.1. The van der Waals surface area contributed by atoms with Crippen LogP contribution in [0.5, 0.6) is 0 Å². The first-order valence-corrected chi connectivity index (χ1v) is 9.86. The fourth-order valence-electron chi connectivity index (χ4n) is 3.94. The van der Waals surface area contributed by atoms with E-state index in [0.29, 0.717) is 6.42 Å². The quantitative estimate of drug-likeness (QED) is 0.285.